The van der Waals surface area contributed by atoms with Crippen molar-refractivity contribution >= 4 is 17.5 Å². The Morgan fingerprint density at radius 2 is 2.15 bits per heavy atom. The first-order valence-electron chi connectivity index (χ1n) is 6.73. The summed E-state index contributed by atoms with van der Waals surface area (Å²) in [5.41, 5.74) is 5.84. The van der Waals surface area contributed by atoms with Gasteiger partial charge in [0.2, 0.25) is 5.91 Å². The number of hydrogen-bond acceptors (Lipinski definition) is 3. The molecule has 0 radical (unpaired) electrons. The summed E-state index contributed by atoms with van der Waals surface area (Å²) < 4.78 is 13.9. The number of primary amides is 1. The van der Waals surface area contributed by atoms with Crippen LogP contribution in [-0.4, -0.2) is 36.5 Å². The number of benzene rings is 1. The molecular weight excluding hydrogens is 281 g/mol. The molecule has 3 N–H and O–H groups in total. The molecule has 1 saturated heterocycles. The maximum Gasteiger partial charge on any atom is 0.231 e. The quantitative estimate of drug-likeness (QED) is 0.867. The Kier molecular flexibility index (Phi) is 5.34. The van der Waals surface area contributed by atoms with E-state index in [0.29, 0.717) is 17.1 Å². The monoisotopic (exact) mass is 299 g/mol. The van der Waals surface area contributed by atoms with Crippen molar-refractivity contribution in [1.29, 1.82) is 0 Å². The number of carbonyl (C=O) groups excluding carboxylic acids is 1. The summed E-state index contributed by atoms with van der Waals surface area (Å²) in [5, 5.41) is 3.64. The Bertz CT molecular complexity index is 477. The Morgan fingerprint density at radius 3 is 2.75 bits per heavy atom. The van der Waals surface area contributed by atoms with Gasteiger partial charge in [0.1, 0.15) is 5.82 Å². The number of nitrogens with zero attached hydrogens (tertiary/aromatic N) is 1. The molecule has 2 rings (SSSR count). The van der Waals surface area contributed by atoms with Crippen molar-refractivity contribution in [1.82, 2.24) is 10.2 Å². The van der Waals surface area contributed by atoms with Gasteiger partial charge in [-0.2, -0.15) is 0 Å². The summed E-state index contributed by atoms with van der Waals surface area (Å²) in [4.78, 5) is 13.2. The van der Waals surface area contributed by atoms with E-state index in [4.69, 9.17) is 17.3 Å². The molecule has 1 aromatic rings. The third kappa shape index (κ3) is 4.16. The fourth-order valence-corrected chi connectivity index (χ4v) is 2.71. The number of amides is 1. The van der Waals surface area contributed by atoms with Crippen LogP contribution in [0.15, 0.2) is 18.2 Å². The van der Waals surface area contributed by atoms with Gasteiger partial charge in [-0.1, -0.05) is 17.7 Å². The van der Waals surface area contributed by atoms with E-state index in [0.717, 1.165) is 25.9 Å². The van der Waals surface area contributed by atoms with Crippen molar-refractivity contribution in [2.45, 2.75) is 25.4 Å². The van der Waals surface area contributed by atoms with Crippen LogP contribution < -0.4 is 11.1 Å². The molecular formula is C14H19ClFN3O. The van der Waals surface area contributed by atoms with Crippen LogP contribution in [0.2, 0.25) is 5.02 Å². The number of halogens is 2. The average molecular weight is 300 g/mol. The molecule has 0 aromatic heterocycles. The lowest BCUT2D eigenvalue weighted by Gasteiger charge is -2.33. The zero-order valence-electron chi connectivity index (χ0n) is 11.2. The fourth-order valence-electron chi connectivity index (χ4n) is 2.55. The number of nitrogens with one attached hydrogen (secondary N) is 1. The summed E-state index contributed by atoms with van der Waals surface area (Å²) in [5.74, 6) is -0.737. The van der Waals surface area contributed by atoms with Gasteiger partial charge < -0.3 is 11.1 Å². The van der Waals surface area contributed by atoms with Gasteiger partial charge in [0.25, 0.3) is 0 Å². The van der Waals surface area contributed by atoms with E-state index in [9.17, 15) is 9.18 Å². The highest BCUT2D eigenvalue weighted by atomic mass is 35.5. The Balaban J connectivity index is 2.11. The smallest absolute Gasteiger partial charge is 0.231 e. The predicted molar refractivity (Wildman–Crippen MR) is 76.9 cm³/mol. The molecule has 0 spiro atoms. The SMILES string of the molecule is NC(=O)CN(Cc1ccc(Cl)cc1F)C1CCNCC1. The molecule has 1 heterocycles. The minimum Gasteiger partial charge on any atom is -0.369 e. The van der Waals surface area contributed by atoms with Gasteiger partial charge >= 0.3 is 0 Å². The van der Waals surface area contributed by atoms with Crippen LogP contribution in [0.3, 0.4) is 0 Å². The summed E-state index contributed by atoms with van der Waals surface area (Å²) in [6.07, 6.45) is 1.87. The highest BCUT2D eigenvalue weighted by Gasteiger charge is 2.23. The molecule has 0 saturated carbocycles. The molecule has 110 valence electrons. The normalized spacial score (nSPS) is 16.6. The lowest BCUT2D eigenvalue weighted by atomic mass is 10.0. The van der Waals surface area contributed by atoms with E-state index >= 15 is 0 Å². The third-order valence-electron chi connectivity index (χ3n) is 3.57. The molecule has 20 heavy (non-hydrogen) atoms. The average Bonchev–Trinajstić information content (AvgIpc) is 2.41. The van der Waals surface area contributed by atoms with Crippen molar-refractivity contribution in [3.8, 4) is 0 Å². The van der Waals surface area contributed by atoms with Gasteiger partial charge in [-0.25, -0.2) is 4.39 Å². The standard InChI is InChI=1S/C14H19ClFN3O/c15-11-2-1-10(13(16)7-11)8-19(9-14(17)20)12-3-5-18-6-4-12/h1-2,7,12,18H,3-6,8-9H2,(H2,17,20). The van der Waals surface area contributed by atoms with Gasteiger partial charge in [0.05, 0.1) is 6.54 Å². The Morgan fingerprint density at radius 1 is 1.45 bits per heavy atom. The molecule has 1 aliphatic heterocycles. The number of piperidine rings is 1. The number of carbonyl (C=O) groups is 1. The van der Waals surface area contributed by atoms with Crippen molar-refractivity contribution in [3.63, 3.8) is 0 Å². The summed E-state index contributed by atoms with van der Waals surface area (Å²) in [6.45, 7) is 2.33. The zero-order valence-corrected chi connectivity index (χ0v) is 12.0. The van der Waals surface area contributed by atoms with E-state index in [2.05, 4.69) is 5.32 Å². The second-order valence-corrected chi connectivity index (χ2v) is 5.52. The first-order valence-corrected chi connectivity index (χ1v) is 7.11. The minimum absolute atomic E-state index is 0.146. The highest BCUT2D eigenvalue weighted by molar-refractivity contribution is 6.30. The second kappa shape index (κ2) is 7.02. The molecule has 1 amide bonds. The molecule has 0 unspecified atom stereocenters. The largest absolute Gasteiger partial charge is 0.369 e. The van der Waals surface area contributed by atoms with E-state index in [1.54, 1.807) is 12.1 Å². The topological polar surface area (TPSA) is 58.4 Å². The van der Waals surface area contributed by atoms with Gasteiger partial charge in [-0.3, -0.25) is 9.69 Å². The van der Waals surface area contributed by atoms with Crippen molar-refractivity contribution in [2.24, 2.45) is 5.73 Å². The van der Waals surface area contributed by atoms with E-state index < -0.39 is 5.91 Å². The van der Waals surface area contributed by atoms with Gasteiger partial charge in [-0.05, 0) is 38.1 Å². The highest BCUT2D eigenvalue weighted by Crippen LogP contribution is 2.19. The molecule has 0 bridgehead atoms. The van der Waals surface area contributed by atoms with Crippen LogP contribution in [0.4, 0.5) is 4.39 Å². The molecule has 1 aliphatic rings. The first-order chi connectivity index (χ1) is 9.56. The van der Waals surface area contributed by atoms with Crippen LogP contribution in [0.5, 0.6) is 0 Å². The lowest BCUT2D eigenvalue weighted by Crippen LogP contribution is -2.46. The second-order valence-electron chi connectivity index (χ2n) is 5.09. The zero-order chi connectivity index (χ0) is 14.5. The minimum atomic E-state index is -0.391. The molecule has 1 aromatic carbocycles. The summed E-state index contributed by atoms with van der Waals surface area (Å²) in [6, 6.07) is 4.86. The number of hydrogen-bond donors (Lipinski definition) is 2. The van der Waals surface area contributed by atoms with Crippen LogP contribution in [0, 0.1) is 5.82 Å². The summed E-state index contributed by atoms with van der Waals surface area (Å²) >= 11 is 5.75. The number of rotatable bonds is 5. The van der Waals surface area contributed by atoms with Crippen LogP contribution >= 0.6 is 11.6 Å². The maximum absolute atomic E-state index is 13.9. The van der Waals surface area contributed by atoms with Crippen LogP contribution in [0.25, 0.3) is 0 Å². The molecule has 0 aliphatic carbocycles. The van der Waals surface area contributed by atoms with Crippen LogP contribution in [-0.2, 0) is 11.3 Å². The van der Waals surface area contributed by atoms with Gasteiger partial charge in [0.15, 0.2) is 0 Å². The van der Waals surface area contributed by atoms with Crippen molar-refractivity contribution in [3.05, 3.63) is 34.6 Å². The van der Waals surface area contributed by atoms with E-state index in [1.165, 1.54) is 6.07 Å². The van der Waals surface area contributed by atoms with Crippen molar-refractivity contribution < 1.29 is 9.18 Å². The molecule has 6 heteroatoms. The van der Waals surface area contributed by atoms with Crippen LogP contribution in [0.1, 0.15) is 18.4 Å². The van der Waals surface area contributed by atoms with E-state index in [-0.39, 0.29) is 18.4 Å². The molecule has 0 atom stereocenters. The summed E-state index contributed by atoms with van der Waals surface area (Å²) in [7, 11) is 0. The fraction of sp³-hybridized carbons (Fsp3) is 0.500. The third-order valence-corrected chi connectivity index (χ3v) is 3.81. The first kappa shape index (κ1) is 15.2. The van der Waals surface area contributed by atoms with E-state index in [1.807, 2.05) is 4.90 Å². The van der Waals surface area contributed by atoms with Gasteiger partial charge in [-0.15, -0.1) is 0 Å². The maximum atomic E-state index is 13.9. The van der Waals surface area contributed by atoms with Gasteiger partial charge in [0, 0.05) is 23.2 Å². The Labute approximate surface area is 123 Å². The molecule has 1 fully saturated rings. The number of nitrogens with two attached hydrogens (primary N) is 1. The Hall–Kier alpha value is -1.17. The predicted octanol–water partition coefficient (Wildman–Crippen LogP) is 1.52. The van der Waals surface area contributed by atoms with Crippen molar-refractivity contribution in [2.75, 3.05) is 19.6 Å². The molecule has 4 nitrogen and oxygen atoms in total. The lowest BCUT2D eigenvalue weighted by molar-refractivity contribution is -0.120.